The van der Waals surface area contributed by atoms with Crippen molar-refractivity contribution in [2.75, 3.05) is 26.2 Å². The van der Waals surface area contributed by atoms with Gasteiger partial charge in [0.1, 0.15) is 48.3 Å². The van der Waals surface area contributed by atoms with Crippen LogP contribution < -0.4 is 54.4 Å². The number of hydrogen-bond donors (Lipinski definition) is 10. The number of unbranched alkanes of at least 4 members (excludes halogenated alkanes) is 1. The van der Waals surface area contributed by atoms with Gasteiger partial charge in [-0.1, -0.05) is 44.2 Å². The number of benzene rings is 1. The molecule has 0 aromatic heterocycles. The summed E-state index contributed by atoms with van der Waals surface area (Å²) in [6.07, 6.45) is 3.93. The molecule has 23 heteroatoms. The highest BCUT2D eigenvalue weighted by Gasteiger charge is 2.40. The molecule has 388 valence electrons. The molecular weight excluding hydrogens is 907 g/mol. The first-order valence-corrected chi connectivity index (χ1v) is 24.1. The van der Waals surface area contributed by atoms with E-state index in [9.17, 15) is 47.9 Å². The van der Waals surface area contributed by atoms with Crippen molar-refractivity contribution in [1.82, 2.24) is 47.0 Å². The molecule has 3 rings (SSSR count). The lowest BCUT2D eigenvalue weighted by atomic mass is 9.96. The predicted octanol–water partition coefficient (Wildman–Crippen LogP) is -2.07. The minimum Gasteiger partial charge on any atom is -0.370 e. The molecule has 2 heterocycles. The van der Waals surface area contributed by atoms with Crippen LogP contribution in [0.15, 0.2) is 35.3 Å². The molecule has 13 N–H and O–H groups in total. The number of carbonyl (C=O) groups is 10. The molecule has 1 aromatic rings. The molecule has 0 unspecified atom stereocenters. The van der Waals surface area contributed by atoms with Crippen molar-refractivity contribution in [2.45, 2.75) is 155 Å². The summed E-state index contributed by atoms with van der Waals surface area (Å²) < 4.78 is 0. The fourth-order valence-electron chi connectivity index (χ4n) is 7.98. The molecular formula is C47H75N13O10. The van der Waals surface area contributed by atoms with Gasteiger partial charge in [0.05, 0.1) is 0 Å². The van der Waals surface area contributed by atoms with Crippen LogP contribution in [0.25, 0.3) is 0 Å². The van der Waals surface area contributed by atoms with E-state index >= 15 is 0 Å². The van der Waals surface area contributed by atoms with Crippen LogP contribution in [0, 0.1) is 11.8 Å². The maximum Gasteiger partial charge on any atom is 0.245 e. The highest BCUT2D eigenvalue weighted by Crippen LogP contribution is 2.19. The van der Waals surface area contributed by atoms with Crippen LogP contribution in [-0.2, 0) is 54.4 Å². The Morgan fingerprint density at radius 2 is 1.20 bits per heavy atom. The number of nitrogens with one attached hydrogen (secondary N) is 7. The molecule has 8 atom stereocenters. The standard InChI is InChI=1S/C47H75N13O10/c1-26(2)37(44(68)57-35-21-25-60(46(35)70)31(7)42(66)55-30(6)45(69)59-23-19-33(20-24-59)38(48)62)58-41(65)29(5)53-39(63)27(3)52-40(64)28(4)54-43(67)34(17-13-22-51-47(49)50)56-36(61)18-12-11-16-32-14-9-8-10-15-32/h8-10,14-15,26-31,33-35,37H,11-13,16-25H2,1-7H3,(H2,48,62)(H,52,64)(H,53,63)(H,54,67)(H,55,66)(H,56,61)(H,57,68)(H,58,65)(H4,49,50,51)/t27-,28+,29+,30+,31-,34+,35-,37+/m1/s1. The Kier molecular flexibility index (Phi) is 23.0. The molecule has 0 saturated carbocycles. The van der Waals surface area contributed by atoms with Crippen LogP contribution >= 0.6 is 0 Å². The number of rotatable bonds is 26. The van der Waals surface area contributed by atoms with Gasteiger partial charge in [0.15, 0.2) is 5.96 Å². The average Bonchev–Trinajstić information content (AvgIpc) is 3.67. The molecule has 2 aliphatic heterocycles. The topological polar surface area (TPSA) is 352 Å². The zero-order valence-electron chi connectivity index (χ0n) is 41.5. The van der Waals surface area contributed by atoms with Crippen molar-refractivity contribution in [2.24, 2.45) is 34.0 Å². The van der Waals surface area contributed by atoms with E-state index in [1.165, 1.54) is 39.5 Å². The maximum absolute atomic E-state index is 13.5. The Morgan fingerprint density at radius 1 is 0.643 bits per heavy atom. The molecule has 1 aromatic carbocycles. The number of carbonyl (C=O) groups excluding carboxylic acids is 10. The van der Waals surface area contributed by atoms with Gasteiger partial charge < -0.3 is 64.2 Å². The van der Waals surface area contributed by atoms with Crippen molar-refractivity contribution in [3.63, 3.8) is 0 Å². The van der Waals surface area contributed by atoms with Gasteiger partial charge in [0.2, 0.25) is 59.1 Å². The number of guanidine groups is 1. The lowest BCUT2D eigenvalue weighted by molar-refractivity contribution is -0.142. The van der Waals surface area contributed by atoms with Crippen molar-refractivity contribution >= 4 is 65.0 Å². The zero-order valence-corrected chi connectivity index (χ0v) is 41.5. The zero-order chi connectivity index (χ0) is 52.2. The number of nitrogens with two attached hydrogens (primary N) is 3. The molecule has 10 amide bonds. The Morgan fingerprint density at radius 3 is 1.76 bits per heavy atom. The van der Waals surface area contributed by atoms with E-state index in [2.05, 4.69) is 42.2 Å². The Bertz CT molecular complexity index is 2040. The van der Waals surface area contributed by atoms with Crippen molar-refractivity contribution in [1.29, 1.82) is 0 Å². The van der Waals surface area contributed by atoms with E-state index < -0.39 is 102 Å². The number of aliphatic imine (C=N–C) groups is 1. The van der Waals surface area contributed by atoms with Crippen LogP contribution in [0.4, 0.5) is 0 Å². The van der Waals surface area contributed by atoms with E-state index in [4.69, 9.17) is 17.2 Å². The second-order valence-electron chi connectivity index (χ2n) is 18.5. The van der Waals surface area contributed by atoms with Crippen molar-refractivity contribution in [3.05, 3.63) is 35.9 Å². The lowest BCUT2D eigenvalue weighted by Crippen LogP contribution is -2.59. The highest BCUT2D eigenvalue weighted by atomic mass is 16.2. The molecule has 70 heavy (non-hydrogen) atoms. The minimum absolute atomic E-state index is 0.117. The Balaban J connectivity index is 1.47. The van der Waals surface area contributed by atoms with Crippen LogP contribution in [0.2, 0.25) is 0 Å². The molecule has 0 aliphatic carbocycles. The van der Waals surface area contributed by atoms with Crippen LogP contribution in [-0.4, -0.2) is 149 Å². The quantitative estimate of drug-likeness (QED) is 0.0272. The number of piperidine rings is 1. The fourth-order valence-corrected chi connectivity index (χ4v) is 7.98. The van der Waals surface area contributed by atoms with E-state index in [1.54, 1.807) is 18.7 Å². The van der Waals surface area contributed by atoms with Gasteiger partial charge in [-0.3, -0.25) is 52.9 Å². The first-order valence-electron chi connectivity index (χ1n) is 24.1. The van der Waals surface area contributed by atoms with E-state index in [0.717, 1.165) is 18.4 Å². The molecule has 0 radical (unpaired) electrons. The predicted molar refractivity (Wildman–Crippen MR) is 259 cm³/mol. The Hall–Kier alpha value is -6.81. The molecule has 2 saturated heterocycles. The van der Waals surface area contributed by atoms with Gasteiger partial charge >= 0.3 is 0 Å². The van der Waals surface area contributed by atoms with Crippen molar-refractivity contribution in [3.8, 4) is 0 Å². The molecule has 2 aliphatic rings. The van der Waals surface area contributed by atoms with Gasteiger partial charge in [-0.2, -0.15) is 0 Å². The summed E-state index contributed by atoms with van der Waals surface area (Å²) in [5.74, 6) is -6.50. The van der Waals surface area contributed by atoms with Crippen LogP contribution in [0.3, 0.4) is 0 Å². The van der Waals surface area contributed by atoms with E-state index in [0.29, 0.717) is 38.8 Å². The largest absolute Gasteiger partial charge is 0.370 e. The van der Waals surface area contributed by atoms with Gasteiger partial charge in [-0.05, 0) is 97.5 Å². The molecule has 0 bridgehead atoms. The third kappa shape index (κ3) is 18.3. The monoisotopic (exact) mass is 982 g/mol. The highest BCUT2D eigenvalue weighted by molar-refractivity contribution is 5.98. The molecule has 2 fully saturated rings. The summed E-state index contributed by atoms with van der Waals surface area (Å²) in [7, 11) is 0. The number of aryl methyl sites for hydroxylation is 1. The summed E-state index contributed by atoms with van der Waals surface area (Å²) in [5.41, 5.74) is 17.4. The first kappa shape index (κ1) is 57.5. The summed E-state index contributed by atoms with van der Waals surface area (Å²) in [4.78, 5) is 137. The first-order chi connectivity index (χ1) is 33.0. The van der Waals surface area contributed by atoms with Gasteiger partial charge in [-0.25, -0.2) is 0 Å². The normalized spacial score (nSPS) is 17.9. The second kappa shape index (κ2) is 28.0. The Labute approximate surface area is 409 Å². The third-order valence-corrected chi connectivity index (χ3v) is 12.4. The number of nitrogens with zero attached hydrogens (tertiary/aromatic N) is 3. The maximum atomic E-state index is 13.5. The van der Waals surface area contributed by atoms with E-state index in [1.807, 2.05) is 30.3 Å². The number of amides is 10. The minimum atomic E-state index is -1.18. The smallest absolute Gasteiger partial charge is 0.245 e. The summed E-state index contributed by atoms with van der Waals surface area (Å²) >= 11 is 0. The van der Waals surface area contributed by atoms with Crippen LogP contribution in [0.5, 0.6) is 0 Å². The number of likely N-dealkylation sites (tertiary alicyclic amines) is 2. The molecule has 23 nitrogen and oxygen atoms in total. The van der Waals surface area contributed by atoms with E-state index in [-0.39, 0.29) is 56.0 Å². The summed E-state index contributed by atoms with van der Waals surface area (Å²) in [6.45, 7) is 11.6. The molecule has 0 spiro atoms. The van der Waals surface area contributed by atoms with Gasteiger partial charge in [0, 0.05) is 38.5 Å². The van der Waals surface area contributed by atoms with Crippen molar-refractivity contribution < 1.29 is 47.9 Å². The lowest BCUT2D eigenvalue weighted by Gasteiger charge is -2.33. The second-order valence-corrected chi connectivity index (χ2v) is 18.5. The average molecular weight is 982 g/mol. The number of hydrogen-bond acceptors (Lipinski definition) is 11. The SMILES string of the molecule is CC(C)[C@H](NC(=O)[C@H](C)NC(=O)[C@@H](C)NC(=O)[C@H](C)NC(=O)[C@H](CCCN=C(N)N)NC(=O)CCCCc1ccccc1)C(=O)N[C@@H]1CCN([C@H](C)C(=O)N[C@@H](C)C(=O)N2CCC(C(N)=O)CC2)C1=O. The summed E-state index contributed by atoms with van der Waals surface area (Å²) in [6, 6.07) is 1.37. The third-order valence-electron chi connectivity index (χ3n) is 12.4. The van der Waals surface area contributed by atoms with Gasteiger partial charge in [0.25, 0.3) is 0 Å². The van der Waals surface area contributed by atoms with Gasteiger partial charge in [-0.15, -0.1) is 0 Å². The number of primary amides is 1. The fraction of sp³-hybridized carbons (Fsp3) is 0.638. The summed E-state index contributed by atoms with van der Waals surface area (Å²) in [5, 5.41) is 18.3. The van der Waals surface area contributed by atoms with Crippen LogP contribution in [0.1, 0.15) is 105 Å².